The first-order valence-corrected chi connectivity index (χ1v) is 9.22. The lowest BCUT2D eigenvalue weighted by Crippen LogP contribution is -2.56. The van der Waals surface area contributed by atoms with Gasteiger partial charge in [-0.3, -0.25) is 4.79 Å². The molecule has 0 aromatic rings. The first-order chi connectivity index (χ1) is 12.8. The number of nitrogens with one attached hydrogen (secondary N) is 3. The number of amides is 3. The monoisotopic (exact) mass is 381 g/mol. The Balaban J connectivity index is 2.18. The molecular formula is C18H27N3O6. The summed E-state index contributed by atoms with van der Waals surface area (Å²) in [7, 11) is 0. The number of hydrogen-bond acceptors (Lipinski definition) is 6. The van der Waals surface area contributed by atoms with Gasteiger partial charge in [-0.2, -0.15) is 0 Å². The molecule has 1 unspecified atom stereocenters. The average molecular weight is 381 g/mol. The molecule has 0 saturated heterocycles. The van der Waals surface area contributed by atoms with E-state index in [9.17, 15) is 19.2 Å². The van der Waals surface area contributed by atoms with Gasteiger partial charge in [-0.05, 0) is 26.7 Å². The topological polar surface area (TPSA) is 123 Å². The zero-order valence-electron chi connectivity index (χ0n) is 16.0. The molecule has 0 aromatic carbocycles. The molecule has 9 nitrogen and oxygen atoms in total. The van der Waals surface area contributed by atoms with Gasteiger partial charge in [0.15, 0.2) is 0 Å². The highest BCUT2D eigenvalue weighted by atomic mass is 16.5. The van der Waals surface area contributed by atoms with E-state index in [2.05, 4.69) is 16.0 Å². The fraction of sp³-hybridized carbons (Fsp3) is 0.667. The van der Waals surface area contributed by atoms with Gasteiger partial charge < -0.3 is 25.4 Å². The summed E-state index contributed by atoms with van der Waals surface area (Å²) in [5.41, 5.74) is -0.662. The Bertz CT molecular complexity index is 651. The second-order valence-electron chi connectivity index (χ2n) is 6.83. The summed E-state index contributed by atoms with van der Waals surface area (Å²) in [6.45, 7) is 4.58. The Kier molecular flexibility index (Phi) is 6.81. The van der Waals surface area contributed by atoms with Gasteiger partial charge in [0.1, 0.15) is 12.1 Å². The summed E-state index contributed by atoms with van der Waals surface area (Å²) in [5, 5.41) is 7.82. The third kappa shape index (κ3) is 4.99. The van der Waals surface area contributed by atoms with E-state index < -0.39 is 29.6 Å². The molecule has 27 heavy (non-hydrogen) atoms. The first kappa shape index (κ1) is 20.7. The molecule has 2 rings (SSSR count). The number of esters is 2. The van der Waals surface area contributed by atoms with Crippen LogP contribution < -0.4 is 16.0 Å². The van der Waals surface area contributed by atoms with E-state index in [1.165, 1.54) is 6.92 Å². The average Bonchev–Trinajstić information content (AvgIpc) is 2.59. The zero-order chi connectivity index (χ0) is 20.0. The number of ether oxygens (including phenoxy) is 2. The number of urea groups is 1. The lowest BCUT2D eigenvalue weighted by atomic mass is 9.81. The minimum atomic E-state index is -1.06. The van der Waals surface area contributed by atoms with Crippen molar-refractivity contribution in [2.75, 3.05) is 13.2 Å². The molecule has 0 aromatic heterocycles. The molecular weight excluding hydrogens is 354 g/mol. The zero-order valence-corrected chi connectivity index (χ0v) is 16.0. The number of hydrogen-bond donors (Lipinski definition) is 3. The Hall–Kier alpha value is -2.58. The standard InChI is InChI=1S/C18H27N3O6/c1-4-26-15(23)14-11(2)19-17(25)20-13(14)10-27-16(24)18(21-12(3)22)8-6-5-7-9-18/h11H,4-10H2,1-3H3,(H,21,22)(H2,19,20,25). The van der Waals surface area contributed by atoms with Gasteiger partial charge in [0.05, 0.1) is 23.9 Å². The van der Waals surface area contributed by atoms with Crippen molar-refractivity contribution < 1.29 is 28.7 Å². The molecule has 2 aliphatic rings. The maximum absolute atomic E-state index is 12.8. The van der Waals surface area contributed by atoms with Crippen molar-refractivity contribution >= 4 is 23.9 Å². The van der Waals surface area contributed by atoms with Crippen LogP contribution >= 0.6 is 0 Å². The van der Waals surface area contributed by atoms with Crippen LogP contribution in [0.4, 0.5) is 4.79 Å². The van der Waals surface area contributed by atoms with E-state index in [0.717, 1.165) is 19.3 Å². The summed E-state index contributed by atoms with van der Waals surface area (Å²) in [6, 6.07) is -1.07. The summed E-state index contributed by atoms with van der Waals surface area (Å²) in [6.07, 6.45) is 3.61. The molecule has 0 bridgehead atoms. The Morgan fingerprint density at radius 2 is 1.85 bits per heavy atom. The SMILES string of the molecule is CCOC(=O)C1=C(COC(=O)C2(NC(C)=O)CCCCC2)NC(=O)NC1C. The van der Waals surface area contributed by atoms with Crippen molar-refractivity contribution in [2.45, 2.75) is 64.5 Å². The van der Waals surface area contributed by atoms with Crippen LogP contribution in [-0.2, 0) is 23.9 Å². The molecule has 1 fully saturated rings. The fourth-order valence-corrected chi connectivity index (χ4v) is 3.54. The van der Waals surface area contributed by atoms with Gasteiger partial charge >= 0.3 is 18.0 Å². The maximum atomic E-state index is 12.8. The van der Waals surface area contributed by atoms with Gasteiger partial charge in [-0.15, -0.1) is 0 Å². The first-order valence-electron chi connectivity index (χ1n) is 9.22. The Labute approximate surface area is 158 Å². The Morgan fingerprint density at radius 3 is 2.44 bits per heavy atom. The molecule has 0 spiro atoms. The fourth-order valence-electron chi connectivity index (χ4n) is 3.54. The highest BCUT2D eigenvalue weighted by Gasteiger charge is 2.42. The minimum Gasteiger partial charge on any atom is -0.463 e. The number of carbonyl (C=O) groups is 4. The molecule has 3 amide bonds. The summed E-state index contributed by atoms with van der Waals surface area (Å²) >= 11 is 0. The highest BCUT2D eigenvalue weighted by molar-refractivity contribution is 5.95. The molecule has 150 valence electrons. The minimum absolute atomic E-state index is 0.182. The largest absolute Gasteiger partial charge is 0.463 e. The van der Waals surface area contributed by atoms with Crippen molar-refractivity contribution in [1.82, 2.24) is 16.0 Å². The van der Waals surface area contributed by atoms with E-state index in [1.54, 1.807) is 13.8 Å². The molecule has 1 heterocycles. The third-order valence-electron chi connectivity index (χ3n) is 4.73. The van der Waals surface area contributed by atoms with Crippen LogP contribution in [0.15, 0.2) is 11.3 Å². The Morgan fingerprint density at radius 1 is 1.19 bits per heavy atom. The van der Waals surface area contributed by atoms with Crippen molar-refractivity contribution in [3.8, 4) is 0 Å². The van der Waals surface area contributed by atoms with E-state index in [-0.39, 0.29) is 30.4 Å². The lowest BCUT2D eigenvalue weighted by molar-refractivity contribution is -0.154. The molecule has 1 saturated carbocycles. The van der Waals surface area contributed by atoms with Crippen LogP contribution in [0.25, 0.3) is 0 Å². The molecule has 9 heteroatoms. The van der Waals surface area contributed by atoms with E-state index in [1.807, 2.05) is 0 Å². The van der Waals surface area contributed by atoms with Crippen molar-refractivity contribution in [3.05, 3.63) is 11.3 Å². The third-order valence-corrected chi connectivity index (χ3v) is 4.73. The molecule has 0 radical (unpaired) electrons. The highest BCUT2D eigenvalue weighted by Crippen LogP contribution is 2.30. The van der Waals surface area contributed by atoms with E-state index in [4.69, 9.17) is 9.47 Å². The molecule has 1 aliphatic heterocycles. The van der Waals surface area contributed by atoms with Crippen molar-refractivity contribution in [2.24, 2.45) is 0 Å². The lowest BCUT2D eigenvalue weighted by Gasteiger charge is -2.35. The van der Waals surface area contributed by atoms with Gasteiger partial charge in [0.25, 0.3) is 0 Å². The summed E-state index contributed by atoms with van der Waals surface area (Å²) in [4.78, 5) is 48.3. The predicted molar refractivity (Wildman–Crippen MR) is 95.4 cm³/mol. The summed E-state index contributed by atoms with van der Waals surface area (Å²) < 4.78 is 10.4. The van der Waals surface area contributed by atoms with E-state index in [0.29, 0.717) is 12.8 Å². The second-order valence-corrected chi connectivity index (χ2v) is 6.83. The predicted octanol–water partition coefficient (Wildman–Crippen LogP) is 0.887. The van der Waals surface area contributed by atoms with Crippen molar-refractivity contribution in [3.63, 3.8) is 0 Å². The second kappa shape index (κ2) is 8.88. The number of rotatable bonds is 6. The molecule has 1 atom stereocenters. The van der Waals surface area contributed by atoms with E-state index >= 15 is 0 Å². The van der Waals surface area contributed by atoms with Gasteiger partial charge in [-0.25, -0.2) is 14.4 Å². The quantitative estimate of drug-likeness (QED) is 0.587. The van der Waals surface area contributed by atoms with Gasteiger partial charge in [0, 0.05) is 6.92 Å². The van der Waals surface area contributed by atoms with Crippen LogP contribution in [0.2, 0.25) is 0 Å². The van der Waals surface area contributed by atoms with Gasteiger partial charge in [-0.1, -0.05) is 19.3 Å². The van der Waals surface area contributed by atoms with Crippen LogP contribution in [0.5, 0.6) is 0 Å². The van der Waals surface area contributed by atoms with Crippen LogP contribution in [0, 0.1) is 0 Å². The smallest absolute Gasteiger partial charge is 0.338 e. The number of carbonyl (C=O) groups excluding carboxylic acids is 4. The van der Waals surface area contributed by atoms with Crippen LogP contribution in [0.3, 0.4) is 0 Å². The normalized spacial score (nSPS) is 21.6. The summed E-state index contributed by atoms with van der Waals surface area (Å²) in [5.74, 6) is -1.45. The van der Waals surface area contributed by atoms with Crippen molar-refractivity contribution in [1.29, 1.82) is 0 Å². The molecule has 3 N–H and O–H groups in total. The van der Waals surface area contributed by atoms with Crippen LogP contribution in [-0.4, -0.2) is 48.7 Å². The van der Waals surface area contributed by atoms with Crippen LogP contribution in [0.1, 0.15) is 52.9 Å². The molecule has 1 aliphatic carbocycles. The maximum Gasteiger partial charge on any atom is 0.338 e. The van der Waals surface area contributed by atoms with Gasteiger partial charge in [0.2, 0.25) is 5.91 Å².